The van der Waals surface area contributed by atoms with Crippen LogP contribution in [0.3, 0.4) is 0 Å². The minimum Gasteiger partial charge on any atom is -0.423 e. The minimum absolute atomic E-state index is 0.135. The molecule has 19 heavy (non-hydrogen) atoms. The molecule has 1 aliphatic rings. The molecule has 2 aromatic heterocycles. The number of nitrogens with one attached hydrogen (secondary N) is 1. The summed E-state index contributed by atoms with van der Waals surface area (Å²) in [7, 11) is 0. The summed E-state index contributed by atoms with van der Waals surface area (Å²) in [5.74, 6) is 1.15. The molecular weight excluding hydrogens is 244 g/mol. The number of ether oxygens (including phenoxy) is 1. The highest BCUT2D eigenvalue weighted by molar-refractivity contribution is 5.08. The first-order valence-corrected chi connectivity index (χ1v) is 6.50. The molecule has 0 aliphatic carbocycles. The monoisotopic (exact) mass is 262 g/mol. The third kappa shape index (κ3) is 2.85. The number of H-pyrrole nitrogens is 1. The summed E-state index contributed by atoms with van der Waals surface area (Å²) in [5, 5.41) is 7.93. The molecule has 6 heteroatoms. The maximum Gasteiger partial charge on any atom is 0.246 e. The number of aromatic nitrogens is 3. The molecule has 0 aromatic carbocycles. The Labute approximate surface area is 111 Å². The van der Waals surface area contributed by atoms with Crippen LogP contribution in [-0.2, 0) is 11.3 Å². The van der Waals surface area contributed by atoms with Gasteiger partial charge in [0.2, 0.25) is 11.8 Å². The van der Waals surface area contributed by atoms with E-state index in [2.05, 4.69) is 33.1 Å². The van der Waals surface area contributed by atoms with Crippen LogP contribution in [0.25, 0.3) is 0 Å². The summed E-state index contributed by atoms with van der Waals surface area (Å²) < 4.78 is 11.4. The van der Waals surface area contributed by atoms with Crippen LogP contribution in [0, 0.1) is 6.92 Å². The maximum absolute atomic E-state index is 5.89. The van der Waals surface area contributed by atoms with Gasteiger partial charge in [-0.2, -0.15) is 0 Å². The van der Waals surface area contributed by atoms with E-state index in [-0.39, 0.29) is 12.2 Å². The fourth-order valence-corrected chi connectivity index (χ4v) is 2.46. The number of rotatable bonds is 3. The fourth-order valence-electron chi connectivity index (χ4n) is 2.46. The van der Waals surface area contributed by atoms with E-state index in [0.717, 1.165) is 19.6 Å². The van der Waals surface area contributed by atoms with Crippen molar-refractivity contribution in [2.45, 2.75) is 32.6 Å². The summed E-state index contributed by atoms with van der Waals surface area (Å²) >= 11 is 0. The highest BCUT2D eigenvalue weighted by Crippen LogP contribution is 2.25. The Morgan fingerprint density at radius 3 is 3.00 bits per heavy atom. The van der Waals surface area contributed by atoms with E-state index in [1.165, 1.54) is 5.56 Å². The lowest BCUT2D eigenvalue weighted by Crippen LogP contribution is -2.42. The average Bonchev–Trinajstić information content (AvgIpc) is 3.00. The van der Waals surface area contributed by atoms with E-state index in [1.807, 2.05) is 12.4 Å². The van der Waals surface area contributed by atoms with Crippen LogP contribution in [0.15, 0.2) is 22.9 Å². The Bertz CT molecular complexity index is 522. The zero-order valence-electron chi connectivity index (χ0n) is 11.2. The second-order valence-electron chi connectivity index (χ2n) is 5.01. The highest BCUT2D eigenvalue weighted by atomic mass is 16.5. The van der Waals surface area contributed by atoms with Gasteiger partial charge in [0.25, 0.3) is 0 Å². The Morgan fingerprint density at radius 1 is 1.42 bits per heavy atom. The lowest BCUT2D eigenvalue weighted by molar-refractivity contribution is -0.0917. The van der Waals surface area contributed by atoms with Crippen molar-refractivity contribution in [1.82, 2.24) is 20.1 Å². The number of aromatic amines is 1. The zero-order chi connectivity index (χ0) is 13.2. The SMILES string of the molecule is Cc1nnc([C@H]2CN(Cc3cc[nH]c3)C[C@@H](C)O2)o1. The molecule has 1 fully saturated rings. The van der Waals surface area contributed by atoms with E-state index in [9.17, 15) is 0 Å². The van der Waals surface area contributed by atoms with Gasteiger partial charge in [0, 0.05) is 39.0 Å². The van der Waals surface area contributed by atoms with Crippen LogP contribution in [-0.4, -0.2) is 39.3 Å². The summed E-state index contributed by atoms with van der Waals surface area (Å²) in [6, 6.07) is 2.09. The van der Waals surface area contributed by atoms with E-state index in [1.54, 1.807) is 6.92 Å². The number of hydrogen-bond donors (Lipinski definition) is 1. The number of nitrogens with zero attached hydrogens (tertiary/aromatic N) is 3. The lowest BCUT2D eigenvalue weighted by atomic mass is 10.2. The zero-order valence-corrected chi connectivity index (χ0v) is 11.2. The molecule has 0 unspecified atom stereocenters. The maximum atomic E-state index is 5.89. The summed E-state index contributed by atoms with van der Waals surface area (Å²) in [6.45, 7) is 6.45. The molecule has 1 N–H and O–H groups in total. The molecule has 102 valence electrons. The molecule has 2 aromatic rings. The van der Waals surface area contributed by atoms with Crippen LogP contribution in [0.1, 0.15) is 30.4 Å². The smallest absolute Gasteiger partial charge is 0.246 e. The molecule has 0 bridgehead atoms. The summed E-state index contributed by atoms with van der Waals surface area (Å²) in [4.78, 5) is 5.43. The third-order valence-electron chi connectivity index (χ3n) is 3.22. The minimum atomic E-state index is -0.135. The van der Waals surface area contributed by atoms with Gasteiger partial charge in [-0.25, -0.2) is 0 Å². The predicted octanol–water partition coefficient (Wildman–Crippen LogP) is 1.67. The summed E-state index contributed by atoms with van der Waals surface area (Å²) in [6.07, 6.45) is 3.98. The highest BCUT2D eigenvalue weighted by Gasteiger charge is 2.30. The van der Waals surface area contributed by atoms with Crippen molar-refractivity contribution >= 4 is 0 Å². The van der Waals surface area contributed by atoms with Crippen molar-refractivity contribution in [2.75, 3.05) is 13.1 Å². The van der Waals surface area contributed by atoms with Gasteiger partial charge in [0.05, 0.1) is 6.10 Å². The first-order chi connectivity index (χ1) is 9.20. The van der Waals surface area contributed by atoms with Gasteiger partial charge in [-0.1, -0.05) is 0 Å². The molecule has 3 rings (SSSR count). The number of aryl methyl sites for hydroxylation is 1. The normalized spacial score (nSPS) is 24.7. The van der Waals surface area contributed by atoms with Gasteiger partial charge in [0.1, 0.15) is 6.10 Å². The molecule has 0 spiro atoms. The Balaban J connectivity index is 1.70. The van der Waals surface area contributed by atoms with Crippen molar-refractivity contribution in [3.63, 3.8) is 0 Å². The third-order valence-corrected chi connectivity index (χ3v) is 3.22. The van der Waals surface area contributed by atoms with Gasteiger partial charge < -0.3 is 14.1 Å². The van der Waals surface area contributed by atoms with Crippen LogP contribution >= 0.6 is 0 Å². The Morgan fingerprint density at radius 2 is 2.32 bits per heavy atom. The van der Waals surface area contributed by atoms with E-state index < -0.39 is 0 Å². The van der Waals surface area contributed by atoms with Gasteiger partial charge in [-0.15, -0.1) is 10.2 Å². The number of hydrogen-bond acceptors (Lipinski definition) is 5. The standard InChI is InChI=1S/C13H18N4O2/c1-9-6-17(7-11-3-4-14-5-11)8-12(18-9)13-16-15-10(2)19-13/h3-5,9,12,14H,6-8H2,1-2H3/t9-,12-/m1/s1. The molecule has 6 nitrogen and oxygen atoms in total. The van der Waals surface area contributed by atoms with Crippen molar-refractivity contribution < 1.29 is 9.15 Å². The van der Waals surface area contributed by atoms with Gasteiger partial charge in [-0.05, 0) is 18.6 Å². The molecule has 0 radical (unpaired) electrons. The first-order valence-electron chi connectivity index (χ1n) is 6.50. The molecular formula is C13H18N4O2. The van der Waals surface area contributed by atoms with Crippen LogP contribution in [0.5, 0.6) is 0 Å². The second-order valence-corrected chi connectivity index (χ2v) is 5.01. The van der Waals surface area contributed by atoms with Crippen LogP contribution in [0.2, 0.25) is 0 Å². The lowest BCUT2D eigenvalue weighted by Gasteiger charge is -2.35. The quantitative estimate of drug-likeness (QED) is 0.911. The van der Waals surface area contributed by atoms with E-state index in [4.69, 9.17) is 9.15 Å². The first kappa shape index (κ1) is 12.4. The van der Waals surface area contributed by atoms with Crippen LogP contribution in [0.4, 0.5) is 0 Å². The molecule has 0 amide bonds. The fraction of sp³-hybridized carbons (Fsp3) is 0.538. The second kappa shape index (κ2) is 5.14. The molecule has 2 atom stereocenters. The molecule has 3 heterocycles. The predicted molar refractivity (Wildman–Crippen MR) is 68.4 cm³/mol. The topological polar surface area (TPSA) is 67.2 Å². The average molecular weight is 262 g/mol. The number of morpholine rings is 1. The Hall–Kier alpha value is -1.66. The van der Waals surface area contributed by atoms with E-state index in [0.29, 0.717) is 11.8 Å². The molecule has 1 aliphatic heterocycles. The summed E-state index contributed by atoms with van der Waals surface area (Å²) in [5.41, 5.74) is 1.27. The Kier molecular flexibility index (Phi) is 3.35. The van der Waals surface area contributed by atoms with E-state index >= 15 is 0 Å². The van der Waals surface area contributed by atoms with Crippen molar-refractivity contribution in [1.29, 1.82) is 0 Å². The van der Waals surface area contributed by atoms with Crippen molar-refractivity contribution in [3.8, 4) is 0 Å². The van der Waals surface area contributed by atoms with Crippen LogP contribution < -0.4 is 0 Å². The van der Waals surface area contributed by atoms with Gasteiger partial charge >= 0.3 is 0 Å². The van der Waals surface area contributed by atoms with Crippen molar-refractivity contribution in [2.24, 2.45) is 0 Å². The van der Waals surface area contributed by atoms with Gasteiger partial charge in [0.15, 0.2) is 0 Å². The van der Waals surface area contributed by atoms with Gasteiger partial charge in [-0.3, -0.25) is 4.90 Å². The van der Waals surface area contributed by atoms with Crippen molar-refractivity contribution in [3.05, 3.63) is 35.8 Å². The molecule has 1 saturated heterocycles. The molecule has 0 saturated carbocycles. The largest absolute Gasteiger partial charge is 0.423 e.